The van der Waals surface area contributed by atoms with E-state index in [4.69, 9.17) is 4.74 Å². The summed E-state index contributed by atoms with van der Waals surface area (Å²) in [5.74, 6) is 1.46. The molecule has 1 aliphatic rings. The van der Waals surface area contributed by atoms with Crippen LogP contribution in [0, 0.1) is 0 Å². The van der Waals surface area contributed by atoms with Gasteiger partial charge >= 0.3 is 0 Å². The first-order valence-corrected chi connectivity index (χ1v) is 7.78. The fourth-order valence-corrected chi connectivity index (χ4v) is 2.82. The van der Waals surface area contributed by atoms with E-state index >= 15 is 0 Å². The molecule has 0 saturated heterocycles. The Labute approximate surface area is 132 Å². The van der Waals surface area contributed by atoms with Gasteiger partial charge in [0.15, 0.2) is 5.78 Å². The van der Waals surface area contributed by atoms with Crippen LogP contribution in [-0.4, -0.2) is 5.78 Å². The summed E-state index contributed by atoms with van der Waals surface area (Å²) < 4.78 is 6.88. The number of fused-ring (bicyclic) bond motifs is 1. The van der Waals surface area contributed by atoms with Gasteiger partial charge in [-0.25, -0.2) is 0 Å². The lowest BCUT2D eigenvalue weighted by atomic mass is 9.96. The highest BCUT2D eigenvalue weighted by Crippen LogP contribution is 2.31. The average Bonchev–Trinajstić information content (AvgIpc) is 2.48. The number of para-hydroxylation sites is 1. The molecule has 1 aliphatic carbocycles. The number of halogens is 1. The van der Waals surface area contributed by atoms with E-state index in [-0.39, 0.29) is 5.78 Å². The van der Waals surface area contributed by atoms with E-state index in [0.29, 0.717) is 17.9 Å². The van der Waals surface area contributed by atoms with Gasteiger partial charge in [0.05, 0.1) is 4.47 Å². The van der Waals surface area contributed by atoms with Gasteiger partial charge in [-0.15, -0.1) is 0 Å². The fourth-order valence-electron chi connectivity index (χ4n) is 2.46. The van der Waals surface area contributed by atoms with Crippen LogP contribution < -0.4 is 4.74 Å². The SMILES string of the molecule is O=C1C=C(Oc2ccccc2Br)c2ccccc2CCC1. The van der Waals surface area contributed by atoms with Gasteiger partial charge < -0.3 is 4.74 Å². The highest BCUT2D eigenvalue weighted by atomic mass is 79.9. The molecule has 2 aromatic rings. The van der Waals surface area contributed by atoms with Crippen LogP contribution in [0.2, 0.25) is 0 Å². The first-order valence-electron chi connectivity index (χ1n) is 6.99. The van der Waals surface area contributed by atoms with Crippen LogP contribution >= 0.6 is 15.9 Å². The molecule has 2 aromatic carbocycles. The topological polar surface area (TPSA) is 26.3 Å². The molecule has 0 saturated carbocycles. The van der Waals surface area contributed by atoms with Crippen molar-refractivity contribution < 1.29 is 9.53 Å². The van der Waals surface area contributed by atoms with E-state index < -0.39 is 0 Å². The molecule has 0 heterocycles. The van der Waals surface area contributed by atoms with Gasteiger partial charge in [0.2, 0.25) is 0 Å². The van der Waals surface area contributed by atoms with Crippen LogP contribution in [-0.2, 0) is 11.2 Å². The minimum absolute atomic E-state index is 0.117. The summed E-state index contributed by atoms with van der Waals surface area (Å²) in [7, 11) is 0. The van der Waals surface area contributed by atoms with Crippen molar-refractivity contribution >= 4 is 27.5 Å². The monoisotopic (exact) mass is 342 g/mol. The Morgan fingerprint density at radius 1 is 0.952 bits per heavy atom. The molecule has 21 heavy (non-hydrogen) atoms. The van der Waals surface area contributed by atoms with Gasteiger partial charge in [0.1, 0.15) is 11.5 Å². The lowest BCUT2D eigenvalue weighted by Gasteiger charge is -2.17. The Kier molecular flexibility index (Phi) is 4.20. The van der Waals surface area contributed by atoms with Gasteiger partial charge in [-0.2, -0.15) is 0 Å². The highest BCUT2D eigenvalue weighted by Gasteiger charge is 2.16. The Hall–Kier alpha value is -1.87. The molecule has 0 spiro atoms. The van der Waals surface area contributed by atoms with E-state index in [1.165, 1.54) is 5.56 Å². The Bertz CT molecular complexity index is 704. The largest absolute Gasteiger partial charge is 0.455 e. The maximum Gasteiger partial charge on any atom is 0.159 e. The van der Waals surface area contributed by atoms with Crippen molar-refractivity contribution in [1.29, 1.82) is 0 Å². The van der Waals surface area contributed by atoms with Crippen molar-refractivity contribution in [2.45, 2.75) is 19.3 Å². The van der Waals surface area contributed by atoms with Gasteiger partial charge in [0, 0.05) is 18.1 Å². The number of ketones is 1. The minimum atomic E-state index is 0.117. The minimum Gasteiger partial charge on any atom is -0.455 e. The molecular formula is C18H15BrO2. The lowest BCUT2D eigenvalue weighted by molar-refractivity contribution is -0.114. The van der Waals surface area contributed by atoms with Gasteiger partial charge in [-0.05, 0) is 46.5 Å². The van der Waals surface area contributed by atoms with E-state index in [2.05, 4.69) is 22.0 Å². The van der Waals surface area contributed by atoms with E-state index in [1.807, 2.05) is 42.5 Å². The van der Waals surface area contributed by atoms with E-state index in [9.17, 15) is 4.79 Å². The number of allylic oxidation sites excluding steroid dienone is 1. The Morgan fingerprint density at radius 2 is 1.71 bits per heavy atom. The summed E-state index contributed by atoms with van der Waals surface area (Å²) in [5, 5.41) is 0. The molecule has 0 amide bonds. The van der Waals surface area contributed by atoms with Crippen molar-refractivity contribution in [3.8, 4) is 5.75 Å². The average molecular weight is 343 g/mol. The number of carbonyl (C=O) groups is 1. The lowest BCUT2D eigenvalue weighted by Crippen LogP contribution is -2.07. The normalized spacial score (nSPS) is 14.7. The Morgan fingerprint density at radius 3 is 2.57 bits per heavy atom. The van der Waals surface area contributed by atoms with Crippen LogP contribution in [0.15, 0.2) is 59.1 Å². The number of ether oxygens (including phenoxy) is 1. The molecule has 0 radical (unpaired) electrons. The van der Waals surface area contributed by atoms with Crippen molar-refractivity contribution in [3.63, 3.8) is 0 Å². The molecule has 3 heteroatoms. The van der Waals surface area contributed by atoms with Gasteiger partial charge in [-0.3, -0.25) is 4.79 Å². The van der Waals surface area contributed by atoms with Crippen molar-refractivity contribution in [3.05, 3.63) is 70.2 Å². The third-order valence-corrected chi connectivity index (χ3v) is 4.16. The fraction of sp³-hybridized carbons (Fsp3) is 0.167. The molecule has 2 nitrogen and oxygen atoms in total. The quantitative estimate of drug-likeness (QED) is 0.785. The summed E-state index contributed by atoms with van der Waals surface area (Å²) in [6, 6.07) is 15.8. The predicted octanol–water partition coefficient (Wildman–Crippen LogP) is 4.77. The highest BCUT2D eigenvalue weighted by molar-refractivity contribution is 9.10. The first kappa shape index (κ1) is 14.1. The first-order chi connectivity index (χ1) is 10.2. The summed E-state index contributed by atoms with van der Waals surface area (Å²) in [4.78, 5) is 12.0. The van der Waals surface area contributed by atoms with Crippen LogP contribution in [0.1, 0.15) is 24.0 Å². The molecule has 0 aromatic heterocycles. The smallest absolute Gasteiger partial charge is 0.159 e. The summed E-state index contributed by atoms with van der Waals surface area (Å²) in [6.07, 6.45) is 3.97. The van der Waals surface area contributed by atoms with Crippen LogP contribution in [0.4, 0.5) is 0 Å². The van der Waals surface area contributed by atoms with Gasteiger partial charge in [-0.1, -0.05) is 36.4 Å². The molecule has 3 rings (SSSR count). The predicted molar refractivity (Wildman–Crippen MR) is 87.1 cm³/mol. The molecule has 0 bridgehead atoms. The molecule has 106 valence electrons. The number of aryl methyl sites for hydroxylation is 1. The summed E-state index contributed by atoms with van der Waals surface area (Å²) >= 11 is 3.48. The number of hydrogen-bond acceptors (Lipinski definition) is 2. The molecule has 0 aliphatic heterocycles. The van der Waals surface area contributed by atoms with Crippen LogP contribution in [0.5, 0.6) is 5.75 Å². The molecular weight excluding hydrogens is 328 g/mol. The van der Waals surface area contributed by atoms with Crippen molar-refractivity contribution in [2.24, 2.45) is 0 Å². The second kappa shape index (κ2) is 6.27. The van der Waals surface area contributed by atoms with Crippen LogP contribution in [0.25, 0.3) is 5.76 Å². The molecule has 0 fully saturated rings. The standard InChI is InChI=1S/C18H15BrO2/c19-16-10-3-4-11-17(16)21-18-12-14(20)8-5-7-13-6-1-2-9-15(13)18/h1-4,6,9-12H,5,7-8H2. The molecule has 0 N–H and O–H groups in total. The Balaban J connectivity index is 2.03. The number of hydrogen-bond donors (Lipinski definition) is 0. The van der Waals surface area contributed by atoms with E-state index in [0.717, 1.165) is 22.9 Å². The molecule has 0 atom stereocenters. The maximum atomic E-state index is 12.0. The summed E-state index contributed by atoms with van der Waals surface area (Å²) in [6.45, 7) is 0. The maximum absolute atomic E-state index is 12.0. The van der Waals surface area contributed by atoms with Gasteiger partial charge in [0.25, 0.3) is 0 Å². The third-order valence-electron chi connectivity index (χ3n) is 3.50. The zero-order chi connectivity index (χ0) is 14.7. The van der Waals surface area contributed by atoms with Crippen molar-refractivity contribution in [1.82, 2.24) is 0 Å². The summed E-state index contributed by atoms with van der Waals surface area (Å²) in [5.41, 5.74) is 2.23. The van der Waals surface area contributed by atoms with Crippen LogP contribution in [0.3, 0.4) is 0 Å². The molecule has 0 unspecified atom stereocenters. The zero-order valence-electron chi connectivity index (χ0n) is 11.5. The third kappa shape index (κ3) is 3.24. The van der Waals surface area contributed by atoms with E-state index in [1.54, 1.807) is 6.08 Å². The second-order valence-electron chi connectivity index (χ2n) is 5.02. The second-order valence-corrected chi connectivity index (χ2v) is 5.87. The number of benzene rings is 2. The number of rotatable bonds is 2. The van der Waals surface area contributed by atoms with Crippen molar-refractivity contribution in [2.75, 3.05) is 0 Å². The zero-order valence-corrected chi connectivity index (χ0v) is 13.1. The number of carbonyl (C=O) groups excluding carboxylic acids is 1.